The molecule has 1 rings (SSSR count). The van der Waals surface area contributed by atoms with E-state index in [1.54, 1.807) is 0 Å². The van der Waals surface area contributed by atoms with Crippen LogP contribution in [0.5, 0.6) is 0 Å². The van der Waals surface area contributed by atoms with E-state index in [1.165, 1.54) is 0 Å². The Kier molecular flexibility index (Phi) is 7.17. The van der Waals surface area contributed by atoms with Gasteiger partial charge in [0, 0.05) is 30.9 Å². The molecule has 0 aromatic carbocycles. The van der Waals surface area contributed by atoms with E-state index in [1.807, 2.05) is 37.4 Å². The van der Waals surface area contributed by atoms with Crippen molar-refractivity contribution in [2.24, 2.45) is 0 Å². The van der Waals surface area contributed by atoms with Gasteiger partial charge in [0.1, 0.15) is 5.60 Å². The molecule has 0 aromatic heterocycles. The summed E-state index contributed by atoms with van der Waals surface area (Å²) in [5, 5.41) is 4.26. The molecule has 0 aliphatic carbocycles. The molecular weight excluding hydrogens is 272 g/mol. The van der Waals surface area contributed by atoms with Gasteiger partial charge in [-0.25, -0.2) is 4.79 Å². The van der Waals surface area contributed by atoms with E-state index >= 15 is 0 Å². The predicted molar refractivity (Wildman–Crippen MR) is 86.4 cm³/mol. The van der Waals surface area contributed by atoms with Crippen LogP contribution < -0.4 is 5.32 Å². The number of carbonyl (C=O) groups is 1. The van der Waals surface area contributed by atoms with Gasteiger partial charge in [-0.05, 0) is 46.3 Å². The molecule has 1 fully saturated rings. The lowest BCUT2D eigenvalue weighted by molar-refractivity contribution is 0.0256. The third-order valence-electron chi connectivity index (χ3n) is 3.48. The number of amides is 1. The zero-order valence-electron chi connectivity index (χ0n) is 13.6. The fourth-order valence-electron chi connectivity index (χ4n) is 2.23. The quantitative estimate of drug-likeness (QED) is 0.866. The Morgan fingerprint density at radius 3 is 2.70 bits per heavy atom. The van der Waals surface area contributed by atoms with Crippen molar-refractivity contribution in [2.45, 2.75) is 63.9 Å². The number of nitrogens with one attached hydrogen (secondary N) is 1. The molecule has 118 valence electrons. The summed E-state index contributed by atoms with van der Waals surface area (Å²) in [5.74, 6) is 0. The van der Waals surface area contributed by atoms with Crippen LogP contribution in [0.3, 0.4) is 0 Å². The van der Waals surface area contributed by atoms with Crippen LogP contribution in [-0.2, 0) is 4.74 Å². The molecule has 5 heteroatoms. The molecular formula is C15H30N2O2S. The van der Waals surface area contributed by atoms with Crippen LogP contribution in [0.15, 0.2) is 0 Å². The highest BCUT2D eigenvalue weighted by molar-refractivity contribution is 7.99. The molecule has 0 radical (unpaired) electrons. The summed E-state index contributed by atoms with van der Waals surface area (Å²) in [6, 6.07) is 0.525. The molecule has 1 aliphatic rings. The van der Waals surface area contributed by atoms with Crippen LogP contribution >= 0.6 is 11.8 Å². The number of thioether (sulfide) groups is 1. The molecule has 1 saturated heterocycles. The van der Waals surface area contributed by atoms with E-state index < -0.39 is 5.60 Å². The zero-order chi connectivity index (χ0) is 15.2. The first-order valence-corrected chi connectivity index (χ1v) is 8.84. The molecule has 0 saturated carbocycles. The first-order valence-electron chi connectivity index (χ1n) is 7.56. The van der Waals surface area contributed by atoms with Gasteiger partial charge in [0.05, 0.1) is 0 Å². The predicted octanol–water partition coefficient (Wildman–Crippen LogP) is 3.12. The molecule has 0 bridgehead atoms. The largest absolute Gasteiger partial charge is 0.444 e. The average Bonchev–Trinajstić information content (AvgIpc) is 2.59. The summed E-state index contributed by atoms with van der Waals surface area (Å²) in [7, 11) is 0. The van der Waals surface area contributed by atoms with Gasteiger partial charge >= 0.3 is 6.09 Å². The Balaban J connectivity index is 2.37. The Morgan fingerprint density at radius 1 is 1.40 bits per heavy atom. The summed E-state index contributed by atoms with van der Waals surface area (Å²) >= 11 is 1.88. The average molecular weight is 302 g/mol. The second-order valence-electron chi connectivity index (χ2n) is 6.55. The van der Waals surface area contributed by atoms with Crippen molar-refractivity contribution in [3.05, 3.63) is 0 Å². The van der Waals surface area contributed by atoms with Crippen LogP contribution in [0.1, 0.15) is 47.0 Å². The molecule has 1 N–H and O–H groups in total. The minimum absolute atomic E-state index is 0.171. The van der Waals surface area contributed by atoms with E-state index in [9.17, 15) is 4.79 Å². The van der Waals surface area contributed by atoms with E-state index in [4.69, 9.17) is 4.74 Å². The fourth-order valence-corrected chi connectivity index (χ4v) is 2.49. The fraction of sp³-hybridized carbons (Fsp3) is 0.933. The summed E-state index contributed by atoms with van der Waals surface area (Å²) in [4.78, 5) is 13.9. The third kappa shape index (κ3) is 6.84. The van der Waals surface area contributed by atoms with Gasteiger partial charge in [0.25, 0.3) is 0 Å². The molecule has 0 spiro atoms. The highest BCUT2D eigenvalue weighted by Crippen LogP contribution is 2.16. The van der Waals surface area contributed by atoms with Crippen molar-refractivity contribution in [2.75, 3.05) is 25.9 Å². The second-order valence-corrected chi connectivity index (χ2v) is 7.83. The van der Waals surface area contributed by atoms with E-state index in [-0.39, 0.29) is 6.09 Å². The number of hydrogen-bond donors (Lipinski definition) is 1. The minimum Gasteiger partial charge on any atom is -0.444 e. The maximum atomic E-state index is 12.1. The summed E-state index contributed by atoms with van der Waals surface area (Å²) in [5.41, 5.74) is -0.408. The lowest BCUT2D eigenvalue weighted by Gasteiger charge is -2.26. The second kappa shape index (κ2) is 8.13. The van der Waals surface area contributed by atoms with Crippen molar-refractivity contribution < 1.29 is 9.53 Å². The van der Waals surface area contributed by atoms with Crippen molar-refractivity contribution in [3.63, 3.8) is 0 Å². The number of ether oxygens (including phenoxy) is 1. The van der Waals surface area contributed by atoms with Crippen molar-refractivity contribution in [1.82, 2.24) is 10.2 Å². The Labute approximate surface area is 128 Å². The number of rotatable bonds is 4. The van der Waals surface area contributed by atoms with Crippen molar-refractivity contribution in [3.8, 4) is 0 Å². The molecule has 1 amide bonds. The van der Waals surface area contributed by atoms with Crippen LogP contribution in [0.25, 0.3) is 0 Å². The first kappa shape index (κ1) is 17.6. The maximum absolute atomic E-state index is 12.1. The highest BCUT2D eigenvalue weighted by Gasteiger charge is 2.25. The maximum Gasteiger partial charge on any atom is 0.410 e. The molecule has 1 aliphatic heterocycles. The van der Waals surface area contributed by atoms with Gasteiger partial charge < -0.3 is 15.0 Å². The summed E-state index contributed by atoms with van der Waals surface area (Å²) < 4.78 is 5.45. The molecule has 1 heterocycles. The van der Waals surface area contributed by atoms with Gasteiger partial charge in [0.2, 0.25) is 0 Å². The monoisotopic (exact) mass is 302 g/mol. The molecule has 4 nitrogen and oxygen atoms in total. The number of nitrogens with zero attached hydrogens (tertiary/aromatic N) is 1. The SMILES string of the molecule is CSC(C)CNC1CCCN(C(=O)OC(C)(C)C)CC1. The van der Waals surface area contributed by atoms with Gasteiger partial charge in [-0.15, -0.1) is 0 Å². The highest BCUT2D eigenvalue weighted by atomic mass is 32.2. The van der Waals surface area contributed by atoms with E-state index in [2.05, 4.69) is 18.5 Å². The van der Waals surface area contributed by atoms with Gasteiger partial charge in [0.15, 0.2) is 0 Å². The molecule has 2 unspecified atom stereocenters. The Hall–Kier alpha value is -0.420. The van der Waals surface area contributed by atoms with E-state index in [0.29, 0.717) is 11.3 Å². The molecule has 0 aromatic rings. The van der Waals surface area contributed by atoms with Gasteiger partial charge in [-0.2, -0.15) is 11.8 Å². The van der Waals surface area contributed by atoms with Crippen LogP contribution in [0.4, 0.5) is 4.79 Å². The zero-order valence-corrected chi connectivity index (χ0v) is 14.4. The molecule has 2 atom stereocenters. The van der Waals surface area contributed by atoms with Gasteiger partial charge in [-0.3, -0.25) is 0 Å². The number of carbonyl (C=O) groups excluding carboxylic acids is 1. The van der Waals surface area contributed by atoms with Gasteiger partial charge in [-0.1, -0.05) is 6.92 Å². The topological polar surface area (TPSA) is 41.6 Å². The smallest absolute Gasteiger partial charge is 0.410 e. The third-order valence-corrected chi connectivity index (χ3v) is 4.45. The van der Waals surface area contributed by atoms with Crippen LogP contribution in [0.2, 0.25) is 0 Å². The Bertz CT molecular complexity index is 305. The normalized spacial score (nSPS) is 22.2. The van der Waals surface area contributed by atoms with Crippen LogP contribution in [0, 0.1) is 0 Å². The molecule has 20 heavy (non-hydrogen) atoms. The minimum atomic E-state index is -0.408. The lowest BCUT2D eigenvalue weighted by Crippen LogP contribution is -2.38. The van der Waals surface area contributed by atoms with Crippen LogP contribution in [-0.4, -0.2) is 53.8 Å². The number of likely N-dealkylation sites (tertiary alicyclic amines) is 1. The lowest BCUT2D eigenvalue weighted by atomic mass is 10.1. The number of hydrogen-bond acceptors (Lipinski definition) is 4. The summed E-state index contributed by atoms with van der Waals surface area (Å²) in [6.45, 7) is 10.6. The first-order chi connectivity index (χ1) is 9.31. The summed E-state index contributed by atoms with van der Waals surface area (Å²) in [6.07, 6.45) is 5.17. The Morgan fingerprint density at radius 2 is 2.10 bits per heavy atom. The van der Waals surface area contributed by atoms with Crippen molar-refractivity contribution >= 4 is 17.9 Å². The van der Waals surface area contributed by atoms with Crippen molar-refractivity contribution in [1.29, 1.82) is 0 Å². The standard InChI is InChI=1S/C15H30N2O2S/c1-12(20-5)11-16-13-7-6-9-17(10-8-13)14(18)19-15(2,3)4/h12-13,16H,6-11H2,1-5H3. The van der Waals surface area contributed by atoms with E-state index in [0.717, 1.165) is 38.9 Å².